The Morgan fingerprint density at radius 2 is 1.89 bits per heavy atom. The summed E-state index contributed by atoms with van der Waals surface area (Å²) in [5, 5.41) is 3.43. The molecule has 0 spiro atoms. The minimum Gasteiger partial charge on any atom is -0.490 e. The van der Waals surface area contributed by atoms with Crippen LogP contribution in [0.1, 0.15) is 44.1 Å². The van der Waals surface area contributed by atoms with E-state index in [-0.39, 0.29) is 17.5 Å². The predicted molar refractivity (Wildman–Crippen MR) is 141 cm³/mol. The average Bonchev–Trinajstić information content (AvgIpc) is 3.44. The maximum absolute atomic E-state index is 13.4. The number of carbonyl (C=O) groups is 1. The zero-order chi connectivity index (χ0) is 24.8. The number of aromatic nitrogens is 2. The number of allylic oxidation sites excluding steroid dienone is 2. The van der Waals surface area contributed by atoms with E-state index in [2.05, 4.69) is 10.3 Å². The van der Waals surface area contributed by atoms with Gasteiger partial charge in [-0.1, -0.05) is 12.5 Å². The Hall–Kier alpha value is -3.13. The van der Waals surface area contributed by atoms with Crippen LogP contribution in [0, 0.1) is 17.8 Å². The lowest BCUT2D eigenvalue weighted by Crippen LogP contribution is -2.37. The molecule has 8 nitrogen and oxygen atoms in total. The molecule has 1 aliphatic carbocycles. The first-order valence-electron chi connectivity index (χ1n) is 13.3. The van der Waals surface area contributed by atoms with Gasteiger partial charge in [-0.05, 0) is 74.7 Å². The van der Waals surface area contributed by atoms with Crippen LogP contribution in [-0.4, -0.2) is 52.4 Å². The van der Waals surface area contributed by atoms with Crippen LogP contribution in [0.4, 0.5) is 0 Å². The number of piperidine rings is 1. The van der Waals surface area contributed by atoms with Gasteiger partial charge in [0.25, 0.3) is 5.91 Å². The highest BCUT2D eigenvalue weighted by Crippen LogP contribution is 2.41. The lowest BCUT2D eigenvalue weighted by Gasteiger charge is -2.29. The van der Waals surface area contributed by atoms with Gasteiger partial charge in [-0.3, -0.25) is 18.9 Å². The molecule has 1 atom stereocenters. The van der Waals surface area contributed by atoms with Crippen molar-refractivity contribution in [1.29, 1.82) is 0 Å². The van der Waals surface area contributed by atoms with Crippen LogP contribution >= 0.6 is 0 Å². The van der Waals surface area contributed by atoms with Gasteiger partial charge in [0.15, 0.2) is 5.75 Å². The SMILES string of the molecule is CN1C=C(c2ccc3c(c2OCC2CCC2)n(CCC2CCNCC2)c(=O)n3C)C2C=CN=C2C1=O. The quantitative estimate of drug-likeness (QED) is 0.647. The number of amides is 1. The van der Waals surface area contributed by atoms with E-state index in [1.807, 2.05) is 36.0 Å². The van der Waals surface area contributed by atoms with Crippen LogP contribution in [0.3, 0.4) is 0 Å². The van der Waals surface area contributed by atoms with E-state index in [0.29, 0.717) is 30.7 Å². The molecule has 1 N–H and O–H groups in total. The van der Waals surface area contributed by atoms with E-state index >= 15 is 0 Å². The smallest absolute Gasteiger partial charge is 0.328 e. The predicted octanol–water partition coefficient (Wildman–Crippen LogP) is 3.31. The van der Waals surface area contributed by atoms with E-state index in [1.54, 1.807) is 22.7 Å². The molecule has 0 bridgehead atoms. The van der Waals surface area contributed by atoms with Crippen LogP contribution in [0.15, 0.2) is 40.4 Å². The fraction of sp³-hybridized carbons (Fsp3) is 0.536. The first-order valence-corrected chi connectivity index (χ1v) is 13.3. The summed E-state index contributed by atoms with van der Waals surface area (Å²) in [5.74, 6) is 1.66. The second-order valence-corrected chi connectivity index (χ2v) is 10.7. The molecule has 1 aromatic carbocycles. The Labute approximate surface area is 211 Å². The minimum atomic E-state index is -0.198. The van der Waals surface area contributed by atoms with Crippen molar-refractivity contribution in [2.45, 2.75) is 45.1 Å². The number of nitrogens with one attached hydrogen (secondary N) is 1. The number of imidazole rings is 1. The maximum atomic E-state index is 13.4. The molecule has 1 saturated carbocycles. The number of fused-ring (bicyclic) bond motifs is 2. The van der Waals surface area contributed by atoms with Gasteiger partial charge in [0, 0.05) is 38.6 Å². The number of aliphatic imine (C=N–C) groups is 1. The Balaban J connectivity index is 1.46. The molecule has 4 aliphatic rings. The second kappa shape index (κ2) is 9.39. The number of carbonyl (C=O) groups excluding carboxylic acids is 1. The summed E-state index contributed by atoms with van der Waals surface area (Å²) < 4.78 is 10.3. The molecule has 3 aliphatic heterocycles. The molecule has 1 aromatic heterocycles. The highest BCUT2D eigenvalue weighted by Gasteiger charge is 2.36. The van der Waals surface area contributed by atoms with E-state index in [1.165, 1.54) is 19.3 Å². The van der Waals surface area contributed by atoms with E-state index in [9.17, 15) is 9.59 Å². The van der Waals surface area contributed by atoms with Crippen molar-refractivity contribution in [3.63, 3.8) is 0 Å². The number of benzene rings is 1. The van der Waals surface area contributed by atoms with Gasteiger partial charge < -0.3 is 15.0 Å². The molecule has 190 valence electrons. The Bertz CT molecular complexity index is 1340. The molecule has 6 rings (SSSR count). The number of ether oxygens (including phenoxy) is 1. The lowest BCUT2D eigenvalue weighted by molar-refractivity contribution is -0.121. The standard InChI is InChI=1S/C28H35N5O3/c1-31-16-22(20-10-14-30-24(20)27(31)34)21-6-7-23-25(26(21)36-17-19-4-3-5-19)33(28(35)32(23)2)15-11-18-8-12-29-13-9-18/h6-7,10,14,16,18-20,29H,3-5,8-9,11-13,15,17H2,1-2H3. The summed E-state index contributed by atoms with van der Waals surface area (Å²) in [6.45, 7) is 3.42. The molecule has 8 heteroatoms. The van der Waals surface area contributed by atoms with Crippen molar-refractivity contribution in [1.82, 2.24) is 19.4 Å². The molecule has 1 amide bonds. The lowest BCUT2D eigenvalue weighted by atomic mass is 9.85. The van der Waals surface area contributed by atoms with Gasteiger partial charge in [-0.15, -0.1) is 0 Å². The van der Waals surface area contributed by atoms with Crippen LogP contribution < -0.4 is 15.7 Å². The third-order valence-electron chi connectivity index (χ3n) is 8.47. The average molecular weight is 490 g/mol. The summed E-state index contributed by atoms with van der Waals surface area (Å²) in [6.07, 6.45) is 12.5. The molecular formula is C28H35N5O3. The largest absolute Gasteiger partial charge is 0.490 e. The fourth-order valence-electron chi connectivity index (χ4n) is 5.98. The van der Waals surface area contributed by atoms with Crippen molar-refractivity contribution >= 4 is 28.2 Å². The minimum absolute atomic E-state index is 0.00230. The topological polar surface area (TPSA) is 80.9 Å². The normalized spacial score (nSPS) is 22.6. The molecule has 36 heavy (non-hydrogen) atoms. The molecule has 1 unspecified atom stereocenters. The Morgan fingerprint density at radius 3 is 2.64 bits per heavy atom. The van der Waals surface area contributed by atoms with Gasteiger partial charge in [0.05, 0.1) is 18.0 Å². The summed E-state index contributed by atoms with van der Waals surface area (Å²) in [6, 6.07) is 4.07. The first-order chi connectivity index (χ1) is 17.5. The monoisotopic (exact) mass is 489 g/mol. The molecule has 0 radical (unpaired) electrons. The molecule has 4 heterocycles. The molecule has 2 fully saturated rings. The van der Waals surface area contributed by atoms with Gasteiger partial charge in [0.1, 0.15) is 11.2 Å². The third kappa shape index (κ3) is 3.92. The number of aryl methyl sites for hydroxylation is 2. The van der Waals surface area contributed by atoms with Crippen LogP contribution in [0.5, 0.6) is 5.75 Å². The van der Waals surface area contributed by atoms with Gasteiger partial charge in [-0.25, -0.2) is 4.79 Å². The summed E-state index contributed by atoms with van der Waals surface area (Å²) in [5.41, 5.74) is 4.21. The highest BCUT2D eigenvalue weighted by molar-refractivity contribution is 6.44. The molecule has 2 aromatic rings. The first kappa shape index (κ1) is 23.3. The fourth-order valence-corrected chi connectivity index (χ4v) is 5.98. The van der Waals surface area contributed by atoms with Crippen molar-refractivity contribution in [2.24, 2.45) is 29.8 Å². The summed E-state index contributed by atoms with van der Waals surface area (Å²) in [7, 11) is 3.61. The van der Waals surface area contributed by atoms with Gasteiger partial charge >= 0.3 is 5.69 Å². The van der Waals surface area contributed by atoms with Crippen LogP contribution in [0.2, 0.25) is 0 Å². The van der Waals surface area contributed by atoms with Crippen molar-refractivity contribution in [3.05, 3.63) is 46.7 Å². The summed E-state index contributed by atoms with van der Waals surface area (Å²) in [4.78, 5) is 32.1. The summed E-state index contributed by atoms with van der Waals surface area (Å²) >= 11 is 0. The zero-order valence-corrected chi connectivity index (χ0v) is 21.2. The molecular weight excluding hydrogens is 454 g/mol. The van der Waals surface area contributed by atoms with E-state index in [4.69, 9.17) is 4.74 Å². The van der Waals surface area contributed by atoms with Crippen LogP contribution in [0.25, 0.3) is 16.6 Å². The number of rotatable bonds is 7. The Kier molecular flexibility index (Phi) is 6.07. The van der Waals surface area contributed by atoms with Crippen molar-refractivity contribution < 1.29 is 9.53 Å². The highest BCUT2D eigenvalue weighted by atomic mass is 16.5. The van der Waals surface area contributed by atoms with Crippen LogP contribution in [-0.2, 0) is 18.4 Å². The maximum Gasteiger partial charge on any atom is 0.328 e. The van der Waals surface area contributed by atoms with E-state index in [0.717, 1.165) is 60.3 Å². The van der Waals surface area contributed by atoms with Gasteiger partial charge in [-0.2, -0.15) is 0 Å². The van der Waals surface area contributed by atoms with E-state index < -0.39 is 0 Å². The molecule has 1 saturated heterocycles. The number of nitrogens with zero attached hydrogens (tertiary/aromatic N) is 4. The zero-order valence-electron chi connectivity index (χ0n) is 21.2. The van der Waals surface area contributed by atoms with Crippen molar-refractivity contribution in [2.75, 3.05) is 26.7 Å². The van der Waals surface area contributed by atoms with Gasteiger partial charge in [0.2, 0.25) is 0 Å². The third-order valence-corrected chi connectivity index (χ3v) is 8.47. The number of hydrogen-bond donors (Lipinski definition) is 1. The Morgan fingerprint density at radius 1 is 1.08 bits per heavy atom. The van der Waals surface area contributed by atoms with Crippen molar-refractivity contribution in [3.8, 4) is 5.75 Å². The second-order valence-electron chi connectivity index (χ2n) is 10.7. The number of hydrogen-bond acceptors (Lipinski definition) is 5.